The highest BCUT2D eigenvalue weighted by molar-refractivity contribution is 14.0. The Morgan fingerprint density at radius 1 is 1.03 bits per heavy atom. The van der Waals surface area contributed by atoms with Crippen LogP contribution in [-0.4, -0.2) is 36.7 Å². The van der Waals surface area contributed by atoms with E-state index in [9.17, 15) is 31.4 Å². The molecule has 0 bridgehead atoms. The van der Waals surface area contributed by atoms with Crippen molar-refractivity contribution >= 4 is 35.6 Å². The van der Waals surface area contributed by atoms with Gasteiger partial charge < -0.3 is 25.6 Å². The van der Waals surface area contributed by atoms with Crippen LogP contribution in [0.5, 0.6) is 11.5 Å². The van der Waals surface area contributed by atoms with E-state index in [0.29, 0.717) is 0 Å². The molecule has 4 N–H and O–H groups in total. The van der Waals surface area contributed by atoms with E-state index < -0.39 is 30.0 Å². The number of ether oxygens (including phenoxy) is 2. The Labute approximate surface area is 190 Å². The van der Waals surface area contributed by atoms with Crippen LogP contribution in [0, 0.1) is 0 Å². The van der Waals surface area contributed by atoms with E-state index in [1.165, 1.54) is 18.2 Å². The molecule has 13 heteroatoms. The van der Waals surface area contributed by atoms with E-state index in [4.69, 9.17) is 10.5 Å². The number of hydrogen-bond donors (Lipinski definition) is 3. The van der Waals surface area contributed by atoms with E-state index in [2.05, 4.69) is 15.0 Å². The lowest BCUT2D eigenvalue weighted by molar-refractivity contribution is -0.274. The second kappa shape index (κ2) is 11.3. The standard InChI is InChI=1S/C18H17F6N3O3.HI/c19-17(20,21)11-5-7-13(8-6-11)29-10-12(28)9-26-16(25)27-14-3-1-2-4-15(14)30-18(22,23)24;/h1-8,12,28H,9-10H2,(H3,25,26,27);1H. The molecule has 0 fully saturated rings. The number of benzene rings is 2. The van der Waals surface area contributed by atoms with Crippen molar-refractivity contribution in [3.05, 3.63) is 54.1 Å². The van der Waals surface area contributed by atoms with Gasteiger partial charge >= 0.3 is 12.5 Å². The molecule has 0 saturated carbocycles. The summed E-state index contributed by atoms with van der Waals surface area (Å²) in [6, 6.07) is 9.03. The molecule has 6 nitrogen and oxygen atoms in total. The molecule has 2 aromatic carbocycles. The Kier molecular flexibility index (Phi) is 9.68. The fourth-order valence-electron chi connectivity index (χ4n) is 2.15. The van der Waals surface area contributed by atoms with Gasteiger partial charge in [0.25, 0.3) is 0 Å². The fraction of sp³-hybridized carbons (Fsp3) is 0.278. The molecule has 0 aromatic heterocycles. The van der Waals surface area contributed by atoms with Crippen LogP contribution in [0.2, 0.25) is 0 Å². The second-order valence-corrected chi connectivity index (χ2v) is 5.88. The van der Waals surface area contributed by atoms with Crippen LogP contribution >= 0.6 is 24.0 Å². The van der Waals surface area contributed by atoms with Gasteiger partial charge in [-0.2, -0.15) is 13.2 Å². The third-order valence-electron chi connectivity index (χ3n) is 3.47. The number of aliphatic imine (C=N–C) groups is 1. The number of hydrogen-bond acceptors (Lipinski definition) is 4. The third kappa shape index (κ3) is 9.50. The van der Waals surface area contributed by atoms with Crippen LogP contribution in [0.1, 0.15) is 5.56 Å². The van der Waals surface area contributed by atoms with Gasteiger partial charge in [-0.3, -0.25) is 4.99 Å². The molecular weight excluding hydrogens is 547 g/mol. The fourth-order valence-corrected chi connectivity index (χ4v) is 2.15. The number of aliphatic hydroxyl groups excluding tert-OH is 1. The number of halogens is 7. The molecule has 0 saturated heterocycles. The van der Waals surface area contributed by atoms with Crippen molar-refractivity contribution in [2.75, 3.05) is 18.5 Å². The minimum absolute atomic E-state index is 0. The summed E-state index contributed by atoms with van der Waals surface area (Å²) < 4.78 is 83.7. The summed E-state index contributed by atoms with van der Waals surface area (Å²) in [7, 11) is 0. The van der Waals surface area contributed by atoms with E-state index in [-0.39, 0.29) is 54.5 Å². The predicted molar refractivity (Wildman–Crippen MR) is 112 cm³/mol. The minimum Gasteiger partial charge on any atom is -0.491 e. The Morgan fingerprint density at radius 2 is 1.65 bits per heavy atom. The third-order valence-corrected chi connectivity index (χ3v) is 3.47. The van der Waals surface area contributed by atoms with Crippen LogP contribution in [0.4, 0.5) is 32.0 Å². The Balaban J connectivity index is 0.00000480. The Hall–Kier alpha value is -2.42. The van der Waals surface area contributed by atoms with Gasteiger partial charge in [-0.1, -0.05) is 12.1 Å². The second-order valence-electron chi connectivity index (χ2n) is 5.88. The largest absolute Gasteiger partial charge is 0.573 e. The molecule has 0 radical (unpaired) electrons. The number of anilines is 1. The zero-order valence-electron chi connectivity index (χ0n) is 15.6. The van der Waals surface area contributed by atoms with Gasteiger partial charge in [0.1, 0.15) is 18.5 Å². The first-order valence-corrected chi connectivity index (χ1v) is 8.34. The summed E-state index contributed by atoms with van der Waals surface area (Å²) in [5, 5.41) is 12.3. The first-order chi connectivity index (χ1) is 13.9. The van der Waals surface area contributed by atoms with Gasteiger partial charge in [0.05, 0.1) is 17.8 Å². The molecule has 2 rings (SSSR count). The summed E-state index contributed by atoms with van der Waals surface area (Å²) in [4.78, 5) is 3.78. The Bertz CT molecular complexity index is 860. The molecule has 1 unspecified atom stereocenters. The predicted octanol–water partition coefficient (Wildman–Crippen LogP) is 4.39. The van der Waals surface area contributed by atoms with E-state index in [1.807, 2.05) is 0 Å². The number of alkyl halides is 6. The van der Waals surface area contributed by atoms with Crippen molar-refractivity contribution in [2.45, 2.75) is 18.6 Å². The minimum atomic E-state index is -4.89. The number of nitrogens with one attached hydrogen (secondary N) is 1. The average molecular weight is 565 g/mol. The molecular formula is C18H18F6IN3O3. The quantitative estimate of drug-likeness (QED) is 0.201. The van der Waals surface area contributed by atoms with Gasteiger partial charge in [0, 0.05) is 0 Å². The van der Waals surface area contributed by atoms with Crippen LogP contribution in [-0.2, 0) is 6.18 Å². The number of para-hydroxylation sites is 2. The Morgan fingerprint density at radius 3 is 2.23 bits per heavy atom. The smallest absolute Gasteiger partial charge is 0.491 e. The first kappa shape index (κ1) is 26.6. The molecule has 0 aliphatic carbocycles. The highest BCUT2D eigenvalue weighted by atomic mass is 127. The molecule has 0 aliphatic heterocycles. The van der Waals surface area contributed by atoms with Crippen LogP contribution < -0.4 is 20.5 Å². The number of nitrogens with two attached hydrogens (primary N) is 1. The molecule has 0 heterocycles. The van der Waals surface area contributed by atoms with Crippen LogP contribution in [0.3, 0.4) is 0 Å². The number of rotatable bonds is 7. The highest BCUT2D eigenvalue weighted by Gasteiger charge is 2.32. The zero-order valence-corrected chi connectivity index (χ0v) is 17.9. The number of aliphatic hydroxyl groups is 1. The monoisotopic (exact) mass is 565 g/mol. The van der Waals surface area contributed by atoms with Crippen molar-refractivity contribution in [2.24, 2.45) is 10.7 Å². The summed E-state index contributed by atoms with van der Waals surface area (Å²) >= 11 is 0. The van der Waals surface area contributed by atoms with Gasteiger partial charge in [0.2, 0.25) is 0 Å². The van der Waals surface area contributed by atoms with E-state index in [0.717, 1.165) is 30.3 Å². The molecule has 0 aliphatic rings. The summed E-state index contributed by atoms with van der Waals surface area (Å²) in [6.07, 6.45) is -10.5. The lowest BCUT2D eigenvalue weighted by atomic mass is 10.2. The SMILES string of the molecule is I.NC(=NCC(O)COc1ccc(C(F)(F)F)cc1)Nc1ccccc1OC(F)(F)F. The highest BCUT2D eigenvalue weighted by Crippen LogP contribution is 2.31. The van der Waals surface area contributed by atoms with E-state index >= 15 is 0 Å². The number of guanidine groups is 1. The lowest BCUT2D eigenvalue weighted by Gasteiger charge is -2.15. The van der Waals surface area contributed by atoms with Crippen molar-refractivity contribution in [3.8, 4) is 11.5 Å². The van der Waals surface area contributed by atoms with Crippen LogP contribution in [0.15, 0.2) is 53.5 Å². The summed E-state index contributed by atoms with van der Waals surface area (Å²) in [6.45, 7) is -0.572. The topological polar surface area (TPSA) is 89.1 Å². The average Bonchev–Trinajstić information content (AvgIpc) is 2.65. The van der Waals surface area contributed by atoms with Crippen molar-refractivity contribution in [1.29, 1.82) is 0 Å². The van der Waals surface area contributed by atoms with Gasteiger partial charge in [0.15, 0.2) is 11.7 Å². The summed E-state index contributed by atoms with van der Waals surface area (Å²) in [5.41, 5.74) is 4.66. The van der Waals surface area contributed by atoms with Gasteiger partial charge in [-0.05, 0) is 36.4 Å². The van der Waals surface area contributed by atoms with Gasteiger partial charge in [-0.15, -0.1) is 37.1 Å². The normalized spacial score (nSPS) is 13.2. The maximum Gasteiger partial charge on any atom is 0.573 e. The molecule has 2 aromatic rings. The molecule has 31 heavy (non-hydrogen) atoms. The van der Waals surface area contributed by atoms with Crippen molar-refractivity contribution in [1.82, 2.24) is 0 Å². The van der Waals surface area contributed by atoms with Crippen LogP contribution in [0.25, 0.3) is 0 Å². The first-order valence-electron chi connectivity index (χ1n) is 8.34. The summed E-state index contributed by atoms with van der Waals surface area (Å²) in [5.74, 6) is -0.702. The molecule has 0 spiro atoms. The maximum atomic E-state index is 12.5. The maximum absolute atomic E-state index is 12.5. The molecule has 1 atom stereocenters. The molecule has 172 valence electrons. The van der Waals surface area contributed by atoms with Crippen molar-refractivity contribution in [3.63, 3.8) is 0 Å². The zero-order chi connectivity index (χ0) is 22.4. The number of nitrogens with zero attached hydrogens (tertiary/aromatic N) is 1. The lowest BCUT2D eigenvalue weighted by Crippen LogP contribution is -2.27. The molecule has 0 amide bonds. The van der Waals surface area contributed by atoms with E-state index in [1.54, 1.807) is 0 Å². The van der Waals surface area contributed by atoms with Gasteiger partial charge in [-0.25, -0.2) is 0 Å². The van der Waals surface area contributed by atoms with Crippen molar-refractivity contribution < 1.29 is 40.9 Å².